The van der Waals surface area contributed by atoms with Gasteiger partial charge in [0.15, 0.2) is 0 Å². The summed E-state index contributed by atoms with van der Waals surface area (Å²) in [5.41, 5.74) is 2.42. The normalized spacial score (nSPS) is 10.2. The highest BCUT2D eigenvalue weighted by Crippen LogP contribution is 2.13. The van der Waals surface area contributed by atoms with E-state index in [4.69, 9.17) is 4.74 Å². The number of amides is 1. The molecule has 0 radical (unpaired) electrons. The van der Waals surface area contributed by atoms with Gasteiger partial charge in [0.25, 0.3) is 0 Å². The fraction of sp³-hybridized carbons (Fsp3) is 0.467. The zero-order chi connectivity index (χ0) is 15.0. The molecule has 0 bridgehead atoms. The summed E-state index contributed by atoms with van der Waals surface area (Å²) in [6.45, 7) is 4.14. The van der Waals surface area contributed by atoms with Crippen molar-refractivity contribution in [3.8, 4) is 0 Å². The summed E-state index contributed by atoms with van der Waals surface area (Å²) in [6.07, 6.45) is 0. The number of benzene rings is 1. The molecule has 1 aromatic carbocycles. The molecule has 5 heteroatoms. The van der Waals surface area contributed by atoms with E-state index in [2.05, 4.69) is 24.3 Å². The first kappa shape index (κ1) is 16.6. The third-order valence-corrected chi connectivity index (χ3v) is 3.70. The molecule has 0 aliphatic rings. The van der Waals surface area contributed by atoms with Gasteiger partial charge in [-0.1, -0.05) is 29.8 Å². The number of carbonyl (C=O) groups is 2. The Bertz CT molecular complexity index is 445. The second-order valence-corrected chi connectivity index (χ2v) is 5.52. The lowest BCUT2D eigenvalue weighted by molar-refractivity contribution is -0.147. The maximum atomic E-state index is 11.8. The maximum Gasteiger partial charge on any atom is 0.325 e. The summed E-state index contributed by atoms with van der Waals surface area (Å²) >= 11 is 1.55. The number of esters is 1. The van der Waals surface area contributed by atoms with Crippen LogP contribution in [-0.4, -0.2) is 42.7 Å². The van der Waals surface area contributed by atoms with Crippen LogP contribution in [0.2, 0.25) is 0 Å². The first-order chi connectivity index (χ1) is 9.52. The molecule has 0 aliphatic carbocycles. The number of aryl methyl sites for hydroxylation is 1. The van der Waals surface area contributed by atoms with E-state index in [0.717, 1.165) is 5.75 Å². The van der Waals surface area contributed by atoms with Gasteiger partial charge in [-0.15, -0.1) is 11.8 Å². The largest absolute Gasteiger partial charge is 0.465 e. The number of thioether (sulfide) groups is 1. The van der Waals surface area contributed by atoms with Crippen molar-refractivity contribution in [1.82, 2.24) is 4.90 Å². The molecule has 0 unspecified atom stereocenters. The van der Waals surface area contributed by atoms with Gasteiger partial charge in [-0.05, 0) is 19.4 Å². The number of ether oxygens (including phenoxy) is 1. The average Bonchev–Trinajstić information content (AvgIpc) is 2.41. The molecular weight excluding hydrogens is 274 g/mol. The lowest BCUT2D eigenvalue weighted by Gasteiger charge is -2.15. The van der Waals surface area contributed by atoms with Gasteiger partial charge in [-0.3, -0.25) is 9.59 Å². The highest BCUT2D eigenvalue weighted by molar-refractivity contribution is 7.99. The van der Waals surface area contributed by atoms with Crippen LogP contribution >= 0.6 is 11.8 Å². The third kappa shape index (κ3) is 6.10. The third-order valence-electron chi connectivity index (χ3n) is 2.71. The zero-order valence-electron chi connectivity index (χ0n) is 12.2. The van der Waals surface area contributed by atoms with Gasteiger partial charge in [0.2, 0.25) is 5.91 Å². The first-order valence-electron chi connectivity index (χ1n) is 6.55. The van der Waals surface area contributed by atoms with E-state index in [1.807, 2.05) is 6.92 Å². The van der Waals surface area contributed by atoms with Gasteiger partial charge in [0, 0.05) is 12.8 Å². The summed E-state index contributed by atoms with van der Waals surface area (Å²) in [6, 6.07) is 8.25. The molecule has 0 spiro atoms. The number of likely N-dealkylation sites (N-methyl/N-ethyl adjacent to an activating group) is 1. The topological polar surface area (TPSA) is 46.6 Å². The van der Waals surface area contributed by atoms with E-state index in [-0.39, 0.29) is 18.4 Å². The van der Waals surface area contributed by atoms with Crippen LogP contribution in [0.3, 0.4) is 0 Å². The number of nitrogens with zero attached hydrogens (tertiary/aromatic N) is 1. The second kappa shape index (κ2) is 8.64. The van der Waals surface area contributed by atoms with Gasteiger partial charge < -0.3 is 9.64 Å². The summed E-state index contributed by atoms with van der Waals surface area (Å²) < 4.78 is 4.81. The van der Waals surface area contributed by atoms with Crippen LogP contribution in [0.15, 0.2) is 24.3 Å². The Morgan fingerprint density at radius 2 is 1.90 bits per heavy atom. The van der Waals surface area contributed by atoms with Crippen LogP contribution in [0, 0.1) is 6.92 Å². The van der Waals surface area contributed by atoms with E-state index in [0.29, 0.717) is 12.4 Å². The van der Waals surface area contributed by atoms with Gasteiger partial charge >= 0.3 is 5.97 Å². The molecule has 0 saturated heterocycles. The van der Waals surface area contributed by atoms with Crippen molar-refractivity contribution < 1.29 is 14.3 Å². The van der Waals surface area contributed by atoms with E-state index in [1.165, 1.54) is 16.0 Å². The average molecular weight is 295 g/mol. The number of carbonyl (C=O) groups excluding carboxylic acids is 2. The van der Waals surface area contributed by atoms with Crippen LogP contribution in [0.25, 0.3) is 0 Å². The lowest BCUT2D eigenvalue weighted by atomic mass is 10.2. The minimum absolute atomic E-state index is 0.0117. The molecule has 1 aromatic rings. The Morgan fingerprint density at radius 1 is 1.25 bits per heavy atom. The van der Waals surface area contributed by atoms with E-state index >= 15 is 0 Å². The van der Waals surface area contributed by atoms with Crippen molar-refractivity contribution in [1.29, 1.82) is 0 Å². The molecule has 0 atom stereocenters. The van der Waals surface area contributed by atoms with Gasteiger partial charge in [-0.25, -0.2) is 0 Å². The van der Waals surface area contributed by atoms with E-state index < -0.39 is 0 Å². The molecule has 20 heavy (non-hydrogen) atoms. The van der Waals surface area contributed by atoms with Gasteiger partial charge in [0.1, 0.15) is 6.54 Å². The summed E-state index contributed by atoms with van der Waals surface area (Å²) in [5, 5.41) is 0. The van der Waals surface area contributed by atoms with Crippen LogP contribution in [0.1, 0.15) is 18.1 Å². The summed E-state index contributed by atoms with van der Waals surface area (Å²) in [7, 11) is 1.62. The van der Waals surface area contributed by atoms with E-state index in [9.17, 15) is 9.59 Å². The van der Waals surface area contributed by atoms with Crippen LogP contribution in [0.4, 0.5) is 0 Å². The Morgan fingerprint density at radius 3 is 2.50 bits per heavy atom. The fourth-order valence-corrected chi connectivity index (χ4v) is 2.46. The highest BCUT2D eigenvalue weighted by atomic mass is 32.2. The van der Waals surface area contributed by atoms with Crippen LogP contribution < -0.4 is 0 Å². The molecular formula is C15H21NO3S. The van der Waals surface area contributed by atoms with Gasteiger partial charge in [0.05, 0.1) is 12.4 Å². The Hall–Kier alpha value is -1.49. The predicted molar refractivity (Wildman–Crippen MR) is 81.6 cm³/mol. The van der Waals surface area contributed by atoms with Crippen molar-refractivity contribution in [3.05, 3.63) is 35.4 Å². The molecule has 1 rings (SSSR count). The molecule has 4 nitrogen and oxygen atoms in total. The molecule has 0 heterocycles. The fourth-order valence-electron chi connectivity index (χ4n) is 1.54. The van der Waals surface area contributed by atoms with Crippen molar-refractivity contribution >= 4 is 23.6 Å². The maximum absolute atomic E-state index is 11.8. The monoisotopic (exact) mass is 295 g/mol. The van der Waals surface area contributed by atoms with Crippen LogP contribution in [-0.2, 0) is 20.1 Å². The van der Waals surface area contributed by atoms with Crippen molar-refractivity contribution in [3.63, 3.8) is 0 Å². The van der Waals surface area contributed by atoms with Gasteiger partial charge in [-0.2, -0.15) is 0 Å². The molecule has 0 fully saturated rings. The zero-order valence-corrected chi connectivity index (χ0v) is 13.0. The summed E-state index contributed by atoms with van der Waals surface area (Å²) in [5.74, 6) is 0.727. The second-order valence-electron chi connectivity index (χ2n) is 4.53. The molecule has 0 saturated carbocycles. The lowest BCUT2D eigenvalue weighted by Crippen LogP contribution is -2.34. The predicted octanol–water partition coefficient (Wildman–Crippen LogP) is 2.25. The minimum Gasteiger partial charge on any atom is -0.465 e. The molecule has 0 N–H and O–H groups in total. The molecule has 110 valence electrons. The summed E-state index contributed by atoms with van der Waals surface area (Å²) in [4.78, 5) is 24.5. The number of rotatable bonds is 7. The van der Waals surface area contributed by atoms with Crippen molar-refractivity contribution in [2.24, 2.45) is 0 Å². The smallest absolute Gasteiger partial charge is 0.325 e. The van der Waals surface area contributed by atoms with Crippen molar-refractivity contribution in [2.45, 2.75) is 19.6 Å². The van der Waals surface area contributed by atoms with Crippen LogP contribution in [0.5, 0.6) is 0 Å². The van der Waals surface area contributed by atoms with Crippen molar-refractivity contribution in [2.75, 3.05) is 26.0 Å². The Kier molecular flexibility index (Phi) is 7.15. The molecule has 0 aliphatic heterocycles. The number of hydrogen-bond acceptors (Lipinski definition) is 4. The standard InChI is InChI=1S/C15H21NO3S/c1-4-19-15(18)9-16(3)14(17)11-20-10-13-7-5-12(2)6-8-13/h5-8H,4,9-11H2,1-3H3. The quantitative estimate of drug-likeness (QED) is 0.724. The molecule has 1 amide bonds. The molecule has 0 aromatic heterocycles. The Balaban J connectivity index is 2.28. The first-order valence-corrected chi connectivity index (χ1v) is 7.71. The number of hydrogen-bond donors (Lipinski definition) is 0. The van der Waals surface area contributed by atoms with E-state index in [1.54, 1.807) is 25.7 Å². The highest BCUT2D eigenvalue weighted by Gasteiger charge is 2.13. The SMILES string of the molecule is CCOC(=O)CN(C)C(=O)CSCc1ccc(C)cc1. The minimum atomic E-state index is -0.369. The Labute approximate surface area is 124 Å².